The lowest BCUT2D eigenvalue weighted by molar-refractivity contribution is -0.128. The van der Waals surface area contributed by atoms with Gasteiger partial charge < -0.3 is 23.7 Å². The minimum atomic E-state index is -1.01. The summed E-state index contributed by atoms with van der Waals surface area (Å²) in [5.74, 6) is -0.276. The molecule has 10 nitrogen and oxygen atoms in total. The number of alkyl halides is 3. The number of rotatable bonds is 14. The summed E-state index contributed by atoms with van der Waals surface area (Å²) in [5.41, 5.74) is 3.19. The van der Waals surface area contributed by atoms with Crippen molar-refractivity contribution >= 4 is 75.5 Å². The summed E-state index contributed by atoms with van der Waals surface area (Å²) in [6.07, 6.45) is 4.03. The molecule has 1 unspecified atom stereocenters. The van der Waals surface area contributed by atoms with Gasteiger partial charge in [0, 0.05) is 31.7 Å². The van der Waals surface area contributed by atoms with Crippen molar-refractivity contribution in [2.24, 2.45) is 0 Å². The minimum absolute atomic E-state index is 0.0223. The quantitative estimate of drug-likeness (QED) is 0.118. The van der Waals surface area contributed by atoms with Crippen LogP contribution in [0.1, 0.15) is 65.5 Å². The number of hydrogen-bond donors (Lipinski definition) is 0. The van der Waals surface area contributed by atoms with Gasteiger partial charge in [-0.05, 0) is 51.3 Å². The van der Waals surface area contributed by atoms with Crippen molar-refractivity contribution in [3.63, 3.8) is 0 Å². The fourth-order valence-corrected chi connectivity index (χ4v) is 5.70. The number of carbonyl (C=O) groups excluding carboxylic acids is 2. The van der Waals surface area contributed by atoms with Gasteiger partial charge in [-0.15, -0.1) is 29.9 Å². The lowest BCUT2D eigenvalue weighted by atomic mass is 9.97. The molecule has 0 N–H and O–H groups in total. The molecule has 0 bridgehead atoms. The molecular weight excluding hydrogens is 786 g/mol. The molecule has 0 radical (unpaired) electrons. The van der Waals surface area contributed by atoms with Crippen molar-refractivity contribution in [1.29, 1.82) is 0 Å². The van der Waals surface area contributed by atoms with Gasteiger partial charge in [0.1, 0.15) is 11.6 Å². The third kappa shape index (κ3) is 14.6. The van der Waals surface area contributed by atoms with Crippen molar-refractivity contribution < 1.29 is 23.5 Å². The van der Waals surface area contributed by atoms with Gasteiger partial charge in [0.25, 0.3) is 5.91 Å². The first-order chi connectivity index (χ1) is 24.8. The van der Waals surface area contributed by atoms with Crippen molar-refractivity contribution in [3.8, 4) is 11.4 Å². The number of halogens is 5. The molecule has 2 amide bonds. The van der Waals surface area contributed by atoms with Crippen LogP contribution in [-0.2, 0) is 26.2 Å². The second-order valence-corrected chi connectivity index (χ2v) is 15.2. The fraction of sp³-hybridized carbons (Fsp3) is 0.474. The van der Waals surface area contributed by atoms with Crippen molar-refractivity contribution in [2.75, 3.05) is 37.6 Å². The first kappa shape index (κ1) is 48.0. The second-order valence-electron chi connectivity index (χ2n) is 13.0. The number of carbonyl (C=O) groups is 2. The Labute approximate surface area is 338 Å². The van der Waals surface area contributed by atoms with Crippen LogP contribution in [0.25, 0.3) is 5.69 Å². The minimum Gasteiger partial charge on any atom is -0.489 e. The smallest absolute Gasteiger partial charge is 0.442 e. The molecule has 0 aliphatic carbocycles. The molecule has 0 fully saturated rings. The number of amides is 2. The summed E-state index contributed by atoms with van der Waals surface area (Å²) < 4.78 is 17.1. The molecule has 53 heavy (non-hydrogen) atoms. The van der Waals surface area contributed by atoms with Gasteiger partial charge in [0.2, 0.25) is 11.8 Å². The highest BCUT2D eigenvalue weighted by Gasteiger charge is 2.26. The maximum absolute atomic E-state index is 12.2. The van der Waals surface area contributed by atoms with E-state index in [-0.39, 0.29) is 40.3 Å². The normalized spacial score (nSPS) is 11.5. The summed E-state index contributed by atoms with van der Waals surface area (Å²) >= 11 is 28.9. The molecule has 0 spiro atoms. The lowest BCUT2D eigenvalue weighted by Gasteiger charge is -2.31. The van der Waals surface area contributed by atoms with Crippen LogP contribution in [0.3, 0.4) is 0 Å². The lowest BCUT2D eigenvalue weighted by Crippen LogP contribution is -2.43. The standard InChI is InChI=1S/C15H18Cl2N2O3.C15H22ClNO2.C8H11Cl2NO/c1-8(2)21-12-7-11(9(16)6-10(12)17)19-14(20)22-13(18-19)15(3,4)5;1-5-13-8-6-7-11(2)15(13)17(14(18)9-16)12(3)10-19-4;1-3-5-11(6-4-2)8(12)7(9)10/h6-8H,1-5H3;6-8,12H,5,9-10H2,1-4H3;3-4,7H,1-2,5-6H2. The monoisotopic (exact) mass is 834 g/mol. The Kier molecular flexibility index (Phi) is 20.9. The van der Waals surface area contributed by atoms with E-state index in [1.165, 1.54) is 11.0 Å². The van der Waals surface area contributed by atoms with Crippen LogP contribution in [0.4, 0.5) is 5.69 Å². The zero-order valence-corrected chi connectivity index (χ0v) is 35.6. The molecule has 0 aliphatic rings. The molecule has 1 atom stereocenters. The Morgan fingerprint density at radius 3 is 2.11 bits per heavy atom. The molecule has 3 aromatic rings. The first-order valence-electron chi connectivity index (χ1n) is 16.8. The van der Waals surface area contributed by atoms with Gasteiger partial charge in [0.05, 0.1) is 40.2 Å². The van der Waals surface area contributed by atoms with Gasteiger partial charge >= 0.3 is 5.76 Å². The molecule has 3 rings (SSSR count). The van der Waals surface area contributed by atoms with Crippen LogP contribution in [-0.4, -0.2) is 76.2 Å². The van der Waals surface area contributed by atoms with E-state index in [4.69, 9.17) is 71.9 Å². The number of aryl methyl sites for hydroxylation is 2. The van der Waals surface area contributed by atoms with Crippen LogP contribution in [0.5, 0.6) is 5.75 Å². The Morgan fingerprint density at radius 2 is 1.66 bits per heavy atom. The van der Waals surface area contributed by atoms with E-state index in [1.54, 1.807) is 30.2 Å². The summed E-state index contributed by atoms with van der Waals surface area (Å²) in [6.45, 7) is 23.9. The average Bonchev–Trinajstić information content (AvgIpc) is 3.48. The van der Waals surface area contributed by atoms with Crippen LogP contribution in [0.15, 0.2) is 64.9 Å². The van der Waals surface area contributed by atoms with E-state index in [9.17, 15) is 14.4 Å². The molecule has 1 aromatic heterocycles. The maximum atomic E-state index is 12.2. The third-order valence-electron chi connectivity index (χ3n) is 7.15. The van der Waals surface area contributed by atoms with Gasteiger partial charge in [-0.25, -0.2) is 4.79 Å². The molecule has 1 heterocycles. The number of hydrogen-bond acceptors (Lipinski definition) is 7. The zero-order valence-electron chi connectivity index (χ0n) is 31.9. The van der Waals surface area contributed by atoms with Crippen molar-refractivity contribution in [2.45, 2.75) is 84.2 Å². The van der Waals surface area contributed by atoms with Crippen LogP contribution in [0.2, 0.25) is 10.0 Å². The largest absolute Gasteiger partial charge is 0.489 e. The van der Waals surface area contributed by atoms with Crippen molar-refractivity contribution in [1.82, 2.24) is 14.7 Å². The average molecular weight is 837 g/mol. The highest BCUT2D eigenvalue weighted by atomic mass is 35.5. The second kappa shape index (κ2) is 23.0. The summed E-state index contributed by atoms with van der Waals surface area (Å²) in [7, 11) is 1.64. The molecule has 294 valence electrons. The van der Waals surface area contributed by atoms with Crippen LogP contribution in [0, 0.1) is 6.92 Å². The fourth-order valence-electron chi connectivity index (χ4n) is 4.78. The van der Waals surface area contributed by atoms with E-state index in [2.05, 4.69) is 31.2 Å². The molecule has 2 aromatic carbocycles. The molecule has 0 saturated carbocycles. The predicted octanol–water partition coefficient (Wildman–Crippen LogP) is 9.37. The number of para-hydroxylation sites is 1. The summed E-state index contributed by atoms with van der Waals surface area (Å²) in [6, 6.07) is 9.15. The molecular formula is C38H51Cl5N4O6. The van der Waals surface area contributed by atoms with E-state index in [0.717, 1.165) is 27.9 Å². The Bertz CT molecular complexity index is 1710. The Morgan fingerprint density at radius 1 is 1.06 bits per heavy atom. The third-order valence-corrected chi connectivity index (χ3v) is 8.35. The van der Waals surface area contributed by atoms with Gasteiger partial charge in [-0.3, -0.25) is 9.59 Å². The van der Waals surface area contributed by atoms with E-state index in [0.29, 0.717) is 42.0 Å². The highest BCUT2D eigenvalue weighted by Crippen LogP contribution is 2.34. The SMILES string of the molecule is C=CCN(CC=C)C(=O)C(Cl)Cl.CC(C)Oc1cc(-n2nc(C(C)(C)C)oc2=O)c(Cl)cc1Cl.CCc1cccc(C)c1N(C(=O)CCl)C(C)COC. The van der Waals surface area contributed by atoms with Gasteiger partial charge in [-0.1, -0.05) is 104 Å². The Hall–Kier alpha value is -2.99. The van der Waals surface area contributed by atoms with E-state index >= 15 is 0 Å². The predicted molar refractivity (Wildman–Crippen MR) is 219 cm³/mol. The van der Waals surface area contributed by atoms with Gasteiger partial charge in [0.15, 0.2) is 4.84 Å². The topological polar surface area (TPSA) is 107 Å². The Balaban J connectivity index is 0.000000416. The van der Waals surface area contributed by atoms with Crippen LogP contribution < -0.4 is 15.4 Å². The molecule has 0 aliphatic heterocycles. The number of anilines is 1. The van der Waals surface area contributed by atoms with E-state index in [1.807, 2.05) is 60.6 Å². The number of benzene rings is 2. The van der Waals surface area contributed by atoms with Crippen molar-refractivity contribution in [3.05, 3.63) is 93.3 Å². The summed E-state index contributed by atoms with van der Waals surface area (Å²) in [5, 5.41) is 4.88. The number of aromatic nitrogens is 2. The van der Waals surface area contributed by atoms with Gasteiger partial charge in [-0.2, -0.15) is 4.68 Å². The number of methoxy groups -OCH3 is 1. The molecule has 0 saturated heterocycles. The molecule has 15 heteroatoms. The zero-order chi connectivity index (χ0) is 40.6. The maximum Gasteiger partial charge on any atom is 0.442 e. The summed E-state index contributed by atoms with van der Waals surface area (Å²) in [4.78, 5) is 37.7. The van der Waals surface area contributed by atoms with Crippen LogP contribution >= 0.6 is 58.0 Å². The number of nitrogens with zero attached hydrogens (tertiary/aromatic N) is 4. The number of ether oxygens (including phenoxy) is 2. The van der Waals surface area contributed by atoms with E-state index < -0.39 is 10.6 Å². The first-order valence-corrected chi connectivity index (χ1v) is 19.0. The highest BCUT2D eigenvalue weighted by molar-refractivity contribution is 6.53.